The van der Waals surface area contributed by atoms with Gasteiger partial charge in [-0.1, -0.05) is 54.6 Å². The molecule has 4 aromatic rings. The summed E-state index contributed by atoms with van der Waals surface area (Å²) >= 11 is 0. The standard InChI is InChI=1S/C34H36N2O9/c1-22-20-36(31(38)35-29(22)37)30-34(42-4)32(39,18-19-43-34)28(45-30)21-44-33(23-8-6-5-7-9-23,24-10-14-26(40-2)15-11-24)25-12-16-27(41-3)17-13-25/h5-17,20,28,30,39H,18-19,21H2,1-4H3,(H,35,37,38). The summed E-state index contributed by atoms with van der Waals surface area (Å²) in [5.41, 5.74) is -1.42. The van der Waals surface area contributed by atoms with Gasteiger partial charge in [0.1, 0.15) is 23.2 Å². The molecular formula is C34H36N2O9. The van der Waals surface area contributed by atoms with E-state index in [2.05, 4.69) is 4.98 Å². The van der Waals surface area contributed by atoms with E-state index in [9.17, 15) is 14.7 Å². The van der Waals surface area contributed by atoms with Gasteiger partial charge >= 0.3 is 5.69 Å². The Hall–Kier alpha value is -4.26. The number of fused-ring (bicyclic) bond motifs is 1. The Kier molecular flexibility index (Phi) is 8.14. The lowest BCUT2D eigenvalue weighted by Gasteiger charge is -2.39. The van der Waals surface area contributed by atoms with E-state index in [1.54, 1.807) is 21.1 Å². The molecule has 1 aromatic heterocycles. The number of ether oxygens (including phenoxy) is 6. The zero-order valence-electron chi connectivity index (χ0n) is 25.5. The topological polar surface area (TPSA) is 130 Å². The predicted octanol–water partition coefficient (Wildman–Crippen LogP) is 3.26. The second kappa shape index (κ2) is 11.9. The summed E-state index contributed by atoms with van der Waals surface area (Å²) in [6.07, 6.45) is -0.698. The molecule has 2 aliphatic rings. The highest BCUT2D eigenvalue weighted by Gasteiger charge is 2.72. The van der Waals surface area contributed by atoms with Crippen molar-refractivity contribution in [3.8, 4) is 11.5 Å². The molecule has 0 aliphatic carbocycles. The van der Waals surface area contributed by atoms with Gasteiger partial charge < -0.3 is 33.5 Å². The number of aliphatic hydroxyl groups is 1. The maximum Gasteiger partial charge on any atom is 0.330 e. The average Bonchev–Trinajstić information content (AvgIpc) is 3.54. The maximum atomic E-state index is 13.0. The lowest BCUT2D eigenvalue weighted by molar-refractivity contribution is -0.284. The lowest BCUT2D eigenvalue weighted by atomic mass is 9.79. The SMILES string of the molecule is COc1ccc(C(OCC2OC(n3cc(C)c(=O)[nH]c3=O)C3(OC)OCCC23O)(c2ccccc2)c2ccc(OC)cc2)cc1. The monoisotopic (exact) mass is 616 g/mol. The summed E-state index contributed by atoms with van der Waals surface area (Å²) in [7, 11) is 4.60. The first-order chi connectivity index (χ1) is 21.7. The van der Waals surface area contributed by atoms with Crippen LogP contribution >= 0.6 is 0 Å². The minimum Gasteiger partial charge on any atom is -0.497 e. The van der Waals surface area contributed by atoms with Crippen LogP contribution in [-0.2, 0) is 24.5 Å². The smallest absolute Gasteiger partial charge is 0.330 e. The minimum atomic E-state index is -1.74. The van der Waals surface area contributed by atoms with Crippen molar-refractivity contribution in [2.75, 3.05) is 34.5 Å². The van der Waals surface area contributed by atoms with Crippen LogP contribution in [0.3, 0.4) is 0 Å². The van der Waals surface area contributed by atoms with Crippen LogP contribution in [0.5, 0.6) is 11.5 Å². The summed E-state index contributed by atoms with van der Waals surface area (Å²) < 4.78 is 37.4. The molecular weight excluding hydrogens is 580 g/mol. The predicted molar refractivity (Wildman–Crippen MR) is 163 cm³/mol. The van der Waals surface area contributed by atoms with Crippen LogP contribution in [0.25, 0.3) is 0 Å². The molecule has 236 valence electrons. The number of benzene rings is 3. The molecule has 11 nitrogen and oxygen atoms in total. The van der Waals surface area contributed by atoms with E-state index in [1.165, 1.54) is 17.9 Å². The van der Waals surface area contributed by atoms with E-state index >= 15 is 0 Å². The van der Waals surface area contributed by atoms with Gasteiger partial charge in [-0.25, -0.2) is 4.79 Å². The number of nitrogens with one attached hydrogen (secondary N) is 1. The van der Waals surface area contributed by atoms with E-state index in [1.807, 2.05) is 78.9 Å². The van der Waals surface area contributed by atoms with Crippen LogP contribution in [0.15, 0.2) is 94.6 Å². The molecule has 4 unspecified atom stereocenters. The summed E-state index contributed by atoms with van der Waals surface area (Å²) in [5.74, 6) is -0.381. The summed E-state index contributed by atoms with van der Waals surface area (Å²) in [5, 5.41) is 12.3. The number of H-pyrrole nitrogens is 1. The van der Waals surface area contributed by atoms with Crippen LogP contribution in [0.4, 0.5) is 0 Å². The first-order valence-corrected chi connectivity index (χ1v) is 14.6. The van der Waals surface area contributed by atoms with Crippen molar-refractivity contribution in [1.29, 1.82) is 0 Å². The highest BCUT2D eigenvalue weighted by atomic mass is 16.8. The third-order valence-electron chi connectivity index (χ3n) is 8.88. The number of aromatic nitrogens is 2. The molecule has 4 atom stereocenters. The van der Waals surface area contributed by atoms with Crippen LogP contribution in [0.2, 0.25) is 0 Å². The van der Waals surface area contributed by atoms with Gasteiger partial charge in [0.25, 0.3) is 5.56 Å². The molecule has 0 amide bonds. The average molecular weight is 617 g/mol. The van der Waals surface area contributed by atoms with Crippen molar-refractivity contribution in [3.63, 3.8) is 0 Å². The lowest BCUT2D eigenvalue weighted by Crippen LogP contribution is -2.58. The Balaban J connectivity index is 1.47. The Morgan fingerprint density at radius 2 is 1.49 bits per heavy atom. The molecule has 2 N–H and O–H groups in total. The molecule has 2 saturated heterocycles. The van der Waals surface area contributed by atoms with Crippen molar-refractivity contribution in [2.45, 2.75) is 42.7 Å². The number of methoxy groups -OCH3 is 3. The van der Waals surface area contributed by atoms with Crippen molar-refractivity contribution in [2.24, 2.45) is 0 Å². The highest BCUT2D eigenvalue weighted by Crippen LogP contribution is 2.54. The van der Waals surface area contributed by atoms with E-state index in [0.717, 1.165) is 16.7 Å². The van der Waals surface area contributed by atoms with Crippen molar-refractivity contribution in [3.05, 3.63) is 128 Å². The van der Waals surface area contributed by atoms with Gasteiger partial charge in [0.15, 0.2) is 11.8 Å². The number of hydrogen-bond acceptors (Lipinski definition) is 9. The summed E-state index contributed by atoms with van der Waals surface area (Å²) in [6.45, 7) is 1.59. The zero-order valence-corrected chi connectivity index (χ0v) is 25.5. The molecule has 6 rings (SSSR count). The summed E-state index contributed by atoms with van der Waals surface area (Å²) in [6, 6.07) is 24.9. The zero-order chi connectivity index (χ0) is 31.8. The van der Waals surface area contributed by atoms with Gasteiger partial charge in [-0.3, -0.25) is 14.3 Å². The fraction of sp³-hybridized carbons (Fsp3) is 0.353. The number of hydrogen-bond donors (Lipinski definition) is 2. The van der Waals surface area contributed by atoms with Gasteiger partial charge in [0.05, 0.1) is 27.4 Å². The van der Waals surface area contributed by atoms with Crippen molar-refractivity contribution in [1.82, 2.24) is 9.55 Å². The highest BCUT2D eigenvalue weighted by molar-refractivity contribution is 5.49. The molecule has 45 heavy (non-hydrogen) atoms. The quantitative estimate of drug-likeness (QED) is 0.258. The van der Waals surface area contributed by atoms with Gasteiger partial charge in [0.2, 0.25) is 5.79 Å². The van der Waals surface area contributed by atoms with Crippen LogP contribution in [-0.4, -0.2) is 66.7 Å². The normalized spacial score (nSPS) is 24.4. The fourth-order valence-electron chi connectivity index (χ4n) is 6.48. The van der Waals surface area contributed by atoms with Crippen molar-refractivity contribution < 1.29 is 33.5 Å². The molecule has 2 aliphatic heterocycles. The molecule has 0 saturated carbocycles. The molecule has 3 heterocycles. The van der Waals surface area contributed by atoms with E-state index in [4.69, 9.17) is 28.4 Å². The number of rotatable bonds is 10. The Morgan fingerprint density at radius 3 is 2.04 bits per heavy atom. The van der Waals surface area contributed by atoms with Gasteiger partial charge in [-0.05, 0) is 47.9 Å². The molecule has 11 heteroatoms. The largest absolute Gasteiger partial charge is 0.497 e. The molecule has 0 bridgehead atoms. The van der Waals surface area contributed by atoms with Crippen LogP contribution < -0.4 is 20.7 Å². The van der Waals surface area contributed by atoms with E-state index < -0.39 is 40.6 Å². The first-order valence-electron chi connectivity index (χ1n) is 14.6. The molecule has 3 aromatic carbocycles. The molecule has 0 spiro atoms. The fourth-order valence-corrected chi connectivity index (χ4v) is 6.48. The maximum absolute atomic E-state index is 13.0. The Morgan fingerprint density at radius 1 is 0.911 bits per heavy atom. The van der Waals surface area contributed by atoms with Crippen molar-refractivity contribution >= 4 is 0 Å². The third-order valence-corrected chi connectivity index (χ3v) is 8.88. The first kappa shape index (κ1) is 30.8. The number of aromatic amines is 1. The molecule has 0 radical (unpaired) electrons. The van der Waals surface area contributed by atoms with Crippen LogP contribution in [0.1, 0.15) is 34.9 Å². The number of nitrogens with zero attached hydrogens (tertiary/aromatic N) is 1. The van der Waals surface area contributed by atoms with E-state index in [-0.39, 0.29) is 25.2 Å². The van der Waals surface area contributed by atoms with Gasteiger partial charge in [-0.15, -0.1) is 0 Å². The minimum absolute atomic E-state index is 0.133. The second-order valence-corrected chi connectivity index (χ2v) is 11.2. The Bertz CT molecular complexity index is 1710. The van der Waals surface area contributed by atoms with Gasteiger partial charge in [0, 0.05) is 25.3 Å². The number of aryl methyl sites for hydroxylation is 1. The van der Waals surface area contributed by atoms with Crippen LogP contribution in [0, 0.1) is 6.92 Å². The second-order valence-electron chi connectivity index (χ2n) is 11.2. The van der Waals surface area contributed by atoms with E-state index in [0.29, 0.717) is 11.5 Å². The summed E-state index contributed by atoms with van der Waals surface area (Å²) in [4.78, 5) is 27.4. The van der Waals surface area contributed by atoms with Gasteiger partial charge in [-0.2, -0.15) is 0 Å². The molecule has 2 fully saturated rings. The Labute approximate surface area is 259 Å². The third kappa shape index (κ3) is 4.88.